The van der Waals surface area contributed by atoms with E-state index in [0.717, 1.165) is 4.57 Å². The molecule has 0 atom stereocenters. The Morgan fingerprint density at radius 1 is 0.909 bits per heavy atom. The molecule has 0 aromatic carbocycles. The van der Waals surface area contributed by atoms with Crippen LogP contribution in [0.3, 0.4) is 0 Å². The standard InChI is InChI=1S/C19H18F6N2O5S/c1-9-12-16(28)26(5-3-10(20)14(22)23)19(30)27(6-8-31-2)17(12)33-13(9)18(29)32-7-4-11(21)15(24)25/h3-8H2,1-2H3. The molecule has 0 radical (unpaired) electrons. The molecule has 2 heterocycles. The van der Waals surface area contributed by atoms with Crippen LogP contribution < -0.4 is 11.2 Å². The van der Waals surface area contributed by atoms with Crippen LogP contribution in [-0.4, -0.2) is 35.4 Å². The molecule has 2 aromatic heterocycles. The number of fused-ring (bicyclic) bond motifs is 1. The monoisotopic (exact) mass is 500 g/mol. The molecule has 0 bridgehead atoms. The molecule has 0 amide bonds. The van der Waals surface area contributed by atoms with Gasteiger partial charge in [0.15, 0.2) is 11.7 Å². The molecule has 0 spiro atoms. The number of halogens is 6. The first-order chi connectivity index (χ1) is 15.5. The number of aromatic nitrogens is 2. The highest BCUT2D eigenvalue weighted by Gasteiger charge is 2.24. The van der Waals surface area contributed by atoms with E-state index >= 15 is 0 Å². The molecule has 0 saturated carbocycles. The second-order valence-corrected chi connectivity index (χ2v) is 7.59. The minimum absolute atomic E-state index is 0.0116. The first-order valence-corrected chi connectivity index (χ1v) is 10.1. The number of hydrogen-bond donors (Lipinski definition) is 0. The minimum atomic E-state index is -2.57. The predicted octanol–water partition coefficient (Wildman–Crippen LogP) is 4.27. The van der Waals surface area contributed by atoms with Gasteiger partial charge in [0.2, 0.25) is 0 Å². The topological polar surface area (TPSA) is 79.5 Å². The Morgan fingerprint density at radius 2 is 1.52 bits per heavy atom. The summed E-state index contributed by atoms with van der Waals surface area (Å²) in [7, 11) is 1.35. The van der Waals surface area contributed by atoms with Crippen molar-refractivity contribution in [2.45, 2.75) is 32.9 Å². The number of thiophene rings is 1. The maximum atomic E-state index is 13.3. The lowest BCUT2D eigenvalue weighted by molar-refractivity contribution is 0.0507. The average Bonchev–Trinajstić information content (AvgIpc) is 3.10. The maximum absolute atomic E-state index is 13.3. The average molecular weight is 500 g/mol. The van der Waals surface area contributed by atoms with Gasteiger partial charge in [0.25, 0.3) is 5.56 Å². The number of carbonyl (C=O) groups excluding carboxylic acids is 1. The highest BCUT2D eigenvalue weighted by molar-refractivity contribution is 7.20. The van der Waals surface area contributed by atoms with Crippen LogP contribution in [0.25, 0.3) is 10.2 Å². The third-order valence-corrected chi connectivity index (χ3v) is 5.81. The quantitative estimate of drug-likeness (QED) is 0.360. The Kier molecular flexibility index (Phi) is 9.05. The van der Waals surface area contributed by atoms with Crippen molar-refractivity contribution in [3.63, 3.8) is 0 Å². The smallest absolute Gasteiger partial charge is 0.348 e. The Hall–Kier alpha value is -2.87. The van der Waals surface area contributed by atoms with Crippen molar-refractivity contribution in [1.82, 2.24) is 9.13 Å². The van der Waals surface area contributed by atoms with Gasteiger partial charge in [0, 0.05) is 26.5 Å². The van der Waals surface area contributed by atoms with Gasteiger partial charge in [0.05, 0.1) is 25.1 Å². The fraction of sp³-hybridized carbons (Fsp3) is 0.421. The van der Waals surface area contributed by atoms with Gasteiger partial charge in [-0.15, -0.1) is 11.3 Å². The zero-order valence-electron chi connectivity index (χ0n) is 17.4. The highest BCUT2D eigenvalue weighted by atomic mass is 32.1. The molecule has 0 aliphatic rings. The van der Waals surface area contributed by atoms with Gasteiger partial charge in [-0.25, -0.2) is 18.4 Å². The zero-order valence-corrected chi connectivity index (χ0v) is 18.2. The van der Waals surface area contributed by atoms with Crippen LogP contribution in [0.2, 0.25) is 0 Å². The van der Waals surface area contributed by atoms with Crippen LogP contribution in [0.5, 0.6) is 0 Å². The SMILES string of the molecule is COCCn1c(=O)n(CCC(F)=C(F)F)c(=O)c2c(C)c(C(=O)OCCC(F)=C(F)F)sc21. The minimum Gasteiger partial charge on any atom is -0.461 e. The summed E-state index contributed by atoms with van der Waals surface area (Å²) in [4.78, 5) is 38.0. The molecule has 0 aliphatic carbocycles. The summed E-state index contributed by atoms with van der Waals surface area (Å²) in [5.74, 6) is -4.55. The fourth-order valence-electron chi connectivity index (χ4n) is 2.86. The zero-order chi connectivity index (χ0) is 24.9. The van der Waals surface area contributed by atoms with Crippen molar-refractivity contribution < 1.29 is 40.6 Å². The largest absolute Gasteiger partial charge is 0.461 e. The van der Waals surface area contributed by atoms with E-state index in [1.807, 2.05) is 0 Å². The van der Waals surface area contributed by atoms with E-state index in [1.165, 1.54) is 14.0 Å². The van der Waals surface area contributed by atoms with E-state index in [1.54, 1.807) is 0 Å². The Bertz CT molecular complexity index is 1220. The van der Waals surface area contributed by atoms with Crippen molar-refractivity contribution in [1.29, 1.82) is 0 Å². The Balaban J connectivity index is 2.54. The first-order valence-electron chi connectivity index (χ1n) is 9.33. The van der Waals surface area contributed by atoms with E-state index in [2.05, 4.69) is 0 Å². The maximum Gasteiger partial charge on any atom is 0.348 e. The van der Waals surface area contributed by atoms with Crippen LogP contribution >= 0.6 is 11.3 Å². The van der Waals surface area contributed by atoms with Gasteiger partial charge >= 0.3 is 23.8 Å². The summed E-state index contributed by atoms with van der Waals surface area (Å²) < 4.78 is 86.5. The number of ether oxygens (including phenoxy) is 2. The van der Waals surface area contributed by atoms with E-state index in [4.69, 9.17) is 9.47 Å². The number of hydrogen-bond acceptors (Lipinski definition) is 6. The van der Waals surface area contributed by atoms with Gasteiger partial charge < -0.3 is 9.47 Å². The van der Waals surface area contributed by atoms with Crippen molar-refractivity contribution in [2.75, 3.05) is 20.3 Å². The first kappa shape index (κ1) is 26.4. The van der Waals surface area contributed by atoms with Gasteiger partial charge in [-0.1, -0.05) is 0 Å². The molecule has 0 N–H and O–H groups in total. The summed E-state index contributed by atoms with van der Waals surface area (Å²) in [5, 5.41) is -0.103. The molecule has 33 heavy (non-hydrogen) atoms. The molecule has 7 nitrogen and oxygen atoms in total. The van der Waals surface area contributed by atoms with Crippen LogP contribution in [-0.2, 0) is 22.6 Å². The van der Waals surface area contributed by atoms with Gasteiger partial charge in [-0.05, 0) is 12.5 Å². The second kappa shape index (κ2) is 11.3. The van der Waals surface area contributed by atoms with E-state index in [0.29, 0.717) is 15.9 Å². The lowest BCUT2D eigenvalue weighted by Gasteiger charge is -2.11. The van der Waals surface area contributed by atoms with Crippen molar-refractivity contribution >= 4 is 27.5 Å². The van der Waals surface area contributed by atoms with Gasteiger partial charge in [-0.2, -0.15) is 17.6 Å². The molecule has 2 aromatic rings. The van der Waals surface area contributed by atoms with Gasteiger partial charge in [0.1, 0.15) is 9.71 Å². The van der Waals surface area contributed by atoms with Crippen molar-refractivity contribution in [2.24, 2.45) is 0 Å². The molecular weight excluding hydrogens is 482 g/mol. The Morgan fingerprint density at radius 3 is 2.09 bits per heavy atom. The van der Waals surface area contributed by atoms with Crippen molar-refractivity contribution in [3.05, 3.63) is 55.1 Å². The highest BCUT2D eigenvalue weighted by Crippen LogP contribution is 2.29. The number of aryl methyl sites for hydroxylation is 1. The molecule has 2 rings (SSSR count). The fourth-order valence-corrected chi connectivity index (χ4v) is 4.08. The van der Waals surface area contributed by atoms with Crippen LogP contribution in [0.1, 0.15) is 28.1 Å². The number of rotatable bonds is 10. The second-order valence-electron chi connectivity index (χ2n) is 6.59. The van der Waals surface area contributed by atoms with Crippen LogP contribution in [0, 0.1) is 6.92 Å². The number of carbonyl (C=O) groups is 1. The summed E-state index contributed by atoms with van der Waals surface area (Å²) >= 11 is 0.703. The predicted molar refractivity (Wildman–Crippen MR) is 107 cm³/mol. The van der Waals surface area contributed by atoms with Crippen LogP contribution in [0.15, 0.2) is 33.4 Å². The van der Waals surface area contributed by atoms with Crippen LogP contribution in [0.4, 0.5) is 26.3 Å². The number of esters is 1. The molecule has 0 aliphatic heterocycles. The molecular formula is C19H18F6N2O5S. The molecule has 0 saturated heterocycles. The number of methoxy groups -OCH3 is 1. The lowest BCUT2D eigenvalue weighted by atomic mass is 10.2. The third kappa shape index (κ3) is 5.93. The van der Waals surface area contributed by atoms with E-state index < -0.39 is 67.0 Å². The number of nitrogens with zero attached hydrogens (tertiary/aromatic N) is 2. The van der Waals surface area contributed by atoms with Gasteiger partial charge in [-0.3, -0.25) is 13.9 Å². The Labute approximate surface area is 186 Å². The summed E-state index contributed by atoms with van der Waals surface area (Å²) in [6.45, 7) is -0.0916. The summed E-state index contributed by atoms with van der Waals surface area (Å²) in [6.07, 6.45) is -6.87. The molecule has 0 fully saturated rings. The summed E-state index contributed by atoms with van der Waals surface area (Å²) in [6, 6.07) is 0. The normalized spacial score (nSPS) is 11.0. The van der Waals surface area contributed by atoms with E-state index in [-0.39, 0.29) is 33.8 Å². The number of allylic oxidation sites excluding steroid dienone is 1. The third-order valence-electron chi connectivity index (χ3n) is 4.52. The summed E-state index contributed by atoms with van der Waals surface area (Å²) in [5.41, 5.74) is -1.79. The lowest BCUT2D eigenvalue weighted by Crippen LogP contribution is -2.40. The molecule has 0 unspecified atom stereocenters. The van der Waals surface area contributed by atoms with Crippen molar-refractivity contribution in [3.8, 4) is 0 Å². The molecule has 182 valence electrons. The van der Waals surface area contributed by atoms with E-state index in [9.17, 15) is 40.7 Å². The molecule has 14 heteroatoms.